The fraction of sp³-hybridized carbons (Fsp3) is 0.733. The maximum atomic E-state index is 5.60. The van der Waals surface area contributed by atoms with Gasteiger partial charge in [-0.15, -0.1) is 0 Å². The van der Waals surface area contributed by atoms with Crippen molar-refractivity contribution >= 4 is 0 Å². The summed E-state index contributed by atoms with van der Waals surface area (Å²) in [5.41, 5.74) is 0.946. The van der Waals surface area contributed by atoms with Crippen LogP contribution in [-0.4, -0.2) is 47.7 Å². The van der Waals surface area contributed by atoms with Crippen molar-refractivity contribution in [3.05, 3.63) is 18.1 Å². The van der Waals surface area contributed by atoms with Gasteiger partial charge in [0.25, 0.3) is 0 Å². The van der Waals surface area contributed by atoms with Crippen LogP contribution in [0, 0.1) is 5.92 Å². The molecule has 0 spiro atoms. The first kappa shape index (κ1) is 16.9. The second-order valence-corrected chi connectivity index (χ2v) is 5.25. The third kappa shape index (κ3) is 6.82. The Kier molecular flexibility index (Phi) is 8.14. The molecule has 1 aromatic heterocycles. The predicted octanol–water partition coefficient (Wildman–Crippen LogP) is 1.94. The molecule has 5 nitrogen and oxygen atoms in total. The van der Waals surface area contributed by atoms with E-state index in [9.17, 15) is 0 Å². The molecule has 1 heterocycles. The minimum Gasteiger partial charge on any atom is -0.475 e. The van der Waals surface area contributed by atoms with Crippen molar-refractivity contribution in [1.29, 1.82) is 0 Å². The van der Waals surface area contributed by atoms with E-state index >= 15 is 0 Å². The van der Waals surface area contributed by atoms with Crippen molar-refractivity contribution in [3.63, 3.8) is 0 Å². The molecule has 114 valence electrons. The summed E-state index contributed by atoms with van der Waals surface area (Å²) in [4.78, 5) is 10.9. The van der Waals surface area contributed by atoms with Gasteiger partial charge in [-0.1, -0.05) is 27.7 Å². The van der Waals surface area contributed by atoms with E-state index in [2.05, 4.69) is 47.9 Å². The van der Waals surface area contributed by atoms with Gasteiger partial charge in [0.2, 0.25) is 5.88 Å². The molecule has 0 bridgehead atoms. The van der Waals surface area contributed by atoms with Crippen molar-refractivity contribution in [2.24, 2.45) is 5.92 Å². The average Bonchev–Trinajstić information content (AvgIpc) is 2.45. The molecule has 0 unspecified atom stereocenters. The van der Waals surface area contributed by atoms with Crippen LogP contribution in [-0.2, 0) is 6.54 Å². The number of likely N-dealkylation sites (N-methyl/N-ethyl adjacent to an activating group) is 1. The van der Waals surface area contributed by atoms with Crippen LogP contribution < -0.4 is 10.1 Å². The van der Waals surface area contributed by atoms with Gasteiger partial charge in [-0.3, -0.25) is 4.98 Å². The Morgan fingerprint density at radius 3 is 2.50 bits per heavy atom. The molecule has 0 radical (unpaired) electrons. The number of rotatable bonds is 10. The zero-order valence-electron chi connectivity index (χ0n) is 13.2. The van der Waals surface area contributed by atoms with Gasteiger partial charge >= 0.3 is 0 Å². The number of aromatic nitrogens is 2. The standard InChI is InChI=1S/C15H28N4O/c1-5-19(6-2)7-8-20-15-12-17-14(11-18-15)10-16-9-13(3)4/h11-13,16H,5-10H2,1-4H3. The van der Waals surface area contributed by atoms with Crippen molar-refractivity contribution < 1.29 is 4.74 Å². The van der Waals surface area contributed by atoms with Crippen LogP contribution in [0.5, 0.6) is 5.88 Å². The van der Waals surface area contributed by atoms with Crippen LogP contribution in [0.3, 0.4) is 0 Å². The lowest BCUT2D eigenvalue weighted by Crippen LogP contribution is -2.28. The summed E-state index contributed by atoms with van der Waals surface area (Å²) in [6.07, 6.45) is 3.48. The Balaban J connectivity index is 2.28. The Morgan fingerprint density at radius 2 is 1.95 bits per heavy atom. The normalized spacial score (nSPS) is 11.3. The molecule has 0 saturated carbocycles. The molecule has 1 aromatic rings. The molecule has 1 rings (SSSR count). The minimum absolute atomic E-state index is 0.602. The molecule has 0 atom stereocenters. The third-order valence-corrected chi connectivity index (χ3v) is 3.09. The highest BCUT2D eigenvalue weighted by Gasteiger charge is 2.02. The van der Waals surface area contributed by atoms with Gasteiger partial charge in [-0.05, 0) is 25.6 Å². The minimum atomic E-state index is 0.602. The summed E-state index contributed by atoms with van der Waals surface area (Å²) >= 11 is 0. The van der Waals surface area contributed by atoms with Crippen molar-refractivity contribution in [3.8, 4) is 5.88 Å². The number of hydrogen-bond donors (Lipinski definition) is 1. The Labute approximate surface area is 122 Å². The Bertz CT molecular complexity index is 349. The molecular formula is C15H28N4O. The molecule has 20 heavy (non-hydrogen) atoms. The first-order chi connectivity index (χ1) is 9.65. The molecule has 5 heteroatoms. The van der Waals surface area contributed by atoms with Crippen LogP contribution in [0.25, 0.3) is 0 Å². The van der Waals surface area contributed by atoms with E-state index in [1.165, 1.54) is 0 Å². The van der Waals surface area contributed by atoms with E-state index in [1.54, 1.807) is 12.4 Å². The van der Waals surface area contributed by atoms with Crippen molar-refractivity contribution in [2.45, 2.75) is 34.2 Å². The van der Waals surface area contributed by atoms with Gasteiger partial charge in [0, 0.05) is 13.1 Å². The molecule has 1 N–H and O–H groups in total. The summed E-state index contributed by atoms with van der Waals surface area (Å²) < 4.78 is 5.60. The highest BCUT2D eigenvalue weighted by Crippen LogP contribution is 2.04. The zero-order chi connectivity index (χ0) is 14.8. The molecule has 0 fully saturated rings. The summed E-state index contributed by atoms with van der Waals surface area (Å²) in [6.45, 7) is 14.1. The van der Waals surface area contributed by atoms with Gasteiger partial charge in [0.05, 0.1) is 18.1 Å². The molecule has 0 aliphatic heterocycles. The van der Waals surface area contributed by atoms with Gasteiger partial charge in [0.1, 0.15) is 6.61 Å². The Morgan fingerprint density at radius 1 is 1.20 bits per heavy atom. The van der Waals surface area contributed by atoms with Crippen molar-refractivity contribution in [1.82, 2.24) is 20.2 Å². The van der Waals surface area contributed by atoms with Crippen LogP contribution >= 0.6 is 0 Å². The SMILES string of the molecule is CCN(CC)CCOc1cnc(CNCC(C)C)cn1. The molecule has 0 aromatic carbocycles. The second kappa shape index (κ2) is 9.66. The van der Waals surface area contributed by atoms with E-state index in [0.29, 0.717) is 18.4 Å². The zero-order valence-corrected chi connectivity index (χ0v) is 13.2. The molecule has 0 aliphatic carbocycles. The summed E-state index contributed by atoms with van der Waals surface area (Å²) in [7, 11) is 0. The summed E-state index contributed by atoms with van der Waals surface area (Å²) in [5, 5.41) is 3.34. The van der Waals surface area contributed by atoms with E-state index in [0.717, 1.165) is 38.4 Å². The number of nitrogens with zero attached hydrogens (tertiary/aromatic N) is 3. The molecule has 0 aliphatic rings. The maximum Gasteiger partial charge on any atom is 0.232 e. The summed E-state index contributed by atoms with van der Waals surface area (Å²) in [6, 6.07) is 0. The van der Waals surface area contributed by atoms with Crippen LogP contribution in [0.4, 0.5) is 0 Å². The smallest absolute Gasteiger partial charge is 0.232 e. The average molecular weight is 280 g/mol. The van der Waals surface area contributed by atoms with Crippen molar-refractivity contribution in [2.75, 3.05) is 32.8 Å². The summed E-state index contributed by atoms with van der Waals surface area (Å²) in [5.74, 6) is 1.25. The lowest BCUT2D eigenvalue weighted by Gasteiger charge is -2.17. The fourth-order valence-corrected chi connectivity index (χ4v) is 1.82. The van der Waals surface area contributed by atoms with E-state index < -0.39 is 0 Å². The number of nitrogens with one attached hydrogen (secondary N) is 1. The largest absolute Gasteiger partial charge is 0.475 e. The van der Waals surface area contributed by atoms with Gasteiger partial charge < -0.3 is 15.0 Å². The van der Waals surface area contributed by atoms with Gasteiger partial charge in [-0.2, -0.15) is 0 Å². The first-order valence-electron chi connectivity index (χ1n) is 7.52. The van der Waals surface area contributed by atoms with E-state index in [4.69, 9.17) is 4.74 Å². The highest BCUT2D eigenvalue weighted by atomic mass is 16.5. The number of ether oxygens (including phenoxy) is 1. The van der Waals surface area contributed by atoms with Crippen LogP contribution in [0.15, 0.2) is 12.4 Å². The topological polar surface area (TPSA) is 50.3 Å². The first-order valence-corrected chi connectivity index (χ1v) is 7.52. The number of hydrogen-bond acceptors (Lipinski definition) is 5. The monoisotopic (exact) mass is 280 g/mol. The van der Waals surface area contributed by atoms with Crippen LogP contribution in [0.2, 0.25) is 0 Å². The Hall–Kier alpha value is -1.20. The highest BCUT2D eigenvalue weighted by molar-refractivity contribution is 5.07. The molecule has 0 saturated heterocycles. The van der Waals surface area contributed by atoms with Crippen LogP contribution in [0.1, 0.15) is 33.4 Å². The quantitative estimate of drug-likeness (QED) is 0.710. The van der Waals surface area contributed by atoms with E-state index in [-0.39, 0.29) is 0 Å². The second-order valence-electron chi connectivity index (χ2n) is 5.25. The lowest BCUT2D eigenvalue weighted by molar-refractivity contribution is 0.217. The van der Waals surface area contributed by atoms with Gasteiger partial charge in [-0.25, -0.2) is 4.98 Å². The predicted molar refractivity (Wildman–Crippen MR) is 81.9 cm³/mol. The molecular weight excluding hydrogens is 252 g/mol. The van der Waals surface area contributed by atoms with Gasteiger partial charge in [0.15, 0.2) is 0 Å². The van der Waals surface area contributed by atoms with E-state index in [1.807, 2.05) is 0 Å². The molecule has 0 amide bonds. The fourth-order valence-electron chi connectivity index (χ4n) is 1.82. The third-order valence-electron chi connectivity index (χ3n) is 3.09. The maximum absolute atomic E-state index is 5.60. The lowest BCUT2D eigenvalue weighted by atomic mass is 10.2.